The summed E-state index contributed by atoms with van der Waals surface area (Å²) < 4.78 is 14.4. The van der Waals surface area contributed by atoms with E-state index < -0.39 is 0 Å². The van der Waals surface area contributed by atoms with Crippen molar-refractivity contribution in [3.05, 3.63) is 65.5 Å². The van der Waals surface area contributed by atoms with E-state index in [4.69, 9.17) is 0 Å². The second kappa shape index (κ2) is 8.27. The number of halogens is 1. The van der Waals surface area contributed by atoms with Gasteiger partial charge in [-0.15, -0.1) is 0 Å². The molecule has 3 nitrogen and oxygen atoms in total. The van der Waals surface area contributed by atoms with Crippen LogP contribution in [0.15, 0.2) is 48.5 Å². The summed E-state index contributed by atoms with van der Waals surface area (Å²) in [6, 6.07) is 15.5. The highest BCUT2D eigenvalue weighted by atomic mass is 19.1. The molecule has 0 amide bonds. The second-order valence-electron chi connectivity index (χ2n) is 6.75. The van der Waals surface area contributed by atoms with Crippen LogP contribution in [0.25, 0.3) is 0 Å². The van der Waals surface area contributed by atoms with Crippen LogP contribution < -0.4 is 10.9 Å². The third-order valence-electron chi connectivity index (χ3n) is 4.55. The second-order valence-corrected chi connectivity index (χ2v) is 6.75. The minimum Gasteiger partial charge on any atom is -0.321 e. The lowest BCUT2D eigenvalue weighted by Gasteiger charge is -2.30. The number of hydrogen-bond donors (Lipinski definition) is 2. The molecular formula is C20H26FN3. The molecule has 2 aromatic carbocycles. The molecule has 1 unspecified atom stereocenters. The molecule has 1 saturated heterocycles. The molecule has 0 radical (unpaired) electrons. The summed E-state index contributed by atoms with van der Waals surface area (Å²) in [5.74, 6) is 0.613. The maximum Gasteiger partial charge on any atom is 0.128 e. The largest absolute Gasteiger partial charge is 0.321 e. The number of rotatable bonds is 6. The molecule has 0 bridgehead atoms. The zero-order chi connectivity index (χ0) is 16.8. The Hall–Kier alpha value is -1.91. The predicted octanol–water partition coefficient (Wildman–Crippen LogP) is 4.17. The Kier molecular flexibility index (Phi) is 5.83. The van der Waals surface area contributed by atoms with Gasteiger partial charge in [0.25, 0.3) is 0 Å². The molecule has 128 valence electrons. The van der Waals surface area contributed by atoms with Crippen molar-refractivity contribution >= 4 is 5.69 Å². The molecular weight excluding hydrogens is 301 g/mol. The van der Waals surface area contributed by atoms with Crippen molar-refractivity contribution in [3.8, 4) is 0 Å². The number of benzene rings is 2. The van der Waals surface area contributed by atoms with Gasteiger partial charge in [0.1, 0.15) is 5.82 Å². The maximum atomic E-state index is 14.4. The number of piperidine rings is 1. The minimum absolute atomic E-state index is 0.104. The summed E-state index contributed by atoms with van der Waals surface area (Å²) in [6.45, 7) is 5.72. The van der Waals surface area contributed by atoms with Crippen molar-refractivity contribution in [2.75, 3.05) is 18.5 Å². The molecule has 1 atom stereocenters. The van der Waals surface area contributed by atoms with Gasteiger partial charge in [0.15, 0.2) is 0 Å². The fourth-order valence-corrected chi connectivity index (χ4v) is 3.27. The van der Waals surface area contributed by atoms with Crippen LogP contribution in [0.5, 0.6) is 0 Å². The highest BCUT2D eigenvalue weighted by molar-refractivity contribution is 5.41. The van der Waals surface area contributed by atoms with Crippen LogP contribution >= 0.6 is 0 Å². The van der Waals surface area contributed by atoms with E-state index in [1.165, 1.54) is 12.8 Å². The molecule has 2 aromatic rings. The monoisotopic (exact) mass is 327 g/mol. The molecule has 1 heterocycles. The zero-order valence-electron chi connectivity index (χ0n) is 14.3. The number of para-hydroxylation sites is 1. The highest BCUT2D eigenvalue weighted by Gasteiger charge is 2.17. The van der Waals surface area contributed by atoms with E-state index in [-0.39, 0.29) is 5.82 Å². The summed E-state index contributed by atoms with van der Waals surface area (Å²) in [6.07, 6.45) is 2.51. The minimum atomic E-state index is -0.104. The van der Waals surface area contributed by atoms with E-state index in [1.54, 1.807) is 6.07 Å². The topological polar surface area (TPSA) is 27.3 Å². The number of hydrazine groups is 1. The first-order chi connectivity index (χ1) is 11.7. The normalized spacial score (nSPS) is 18.5. The number of nitrogens with zero attached hydrogens (tertiary/aromatic N) is 1. The van der Waals surface area contributed by atoms with Crippen molar-refractivity contribution in [1.29, 1.82) is 0 Å². The van der Waals surface area contributed by atoms with Gasteiger partial charge < -0.3 is 5.43 Å². The average Bonchev–Trinajstić information content (AvgIpc) is 2.58. The Bertz CT molecular complexity index is 645. The number of anilines is 1. The van der Waals surface area contributed by atoms with Gasteiger partial charge in [0, 0.05) is 30.9 Å². The summed E-state index contributed by atoms with van der Waals surface area (Å²) in [4.78, 5) is 2.36. The van der Waals surface area contributed by atoms with Gasteiger partial charge in [-0.1, -0.05) is 37.3 Å². The standard InChI is InChI=1S/C20H26FN3/c1-16-6-5-11-24(14-16)15-18-10-9-17(12-20(18)21)13-22-23-19-7-3-2-4-8-19/h2-4,7-10,12,16,22-23H,5-6,11,13-15H2,1H3. The summed E-state index contributed by atoms with van der Waals surface area (Å²) >= 11 is 0. The lowest BCUT2D eigenvalue weighted by atomic mass is 9.99. The van der Waals surface area contributed by atoms with Crippen molar-refractivity contribution < 1.29 is 4.39 Å². The first-order valence-corrected chi connectivity index (χ1v) is 8.74. The Morgan fingerprint density at radius 2 is 2.00 bits per heavy atom. The average molecular weight is 327 g/mol. The molecule has 2 N–H and O–H groups in total. The van der Waals surface area contributed by atoms with Gasteiger partial charge in [-0.25, -0.2) is 9.82 Å². The Balaban J connectivity index is 1.52. The number of likely N-dealkylation sites (tertiary alicyclic amines) is 1. The molecule has 4 heteroatoms. The predicted molar refractivity (Wildman–Crippen MR) is 97.0 cm³/mol. The van der Waals surface area contributed by atoms with Gasteiger partial charge in [0.2, 0.25) is 0 Å². The molecule has 3 rings (SSSR count). The van der Waals surface area contributed by atoms with E-state index in [0.717, 1.165) is 29.9 Å². The first kappa shape index (κ1) is 16.9. The van der Waals surface area contributed by atoms with Crippen molar-refractivity contribution in [1.82, 2.24) is 10.3 Å². The van der Waals surface area contributed by atoms with E-state index >= 15 is 0 Å². The van der Waals surface area contributed by atoms with Crippen LogP contribution in [-0.4, -0.2) is 18.0 Å². The third kappa shape index (κ3) is 4.79. The highest BCUT2D eigenvalue weighted by Crippen LogP contribution is 2.19. The first-order valence-electron chi connectivity index (χ1n) is 8.74. The fraction of sp³-hybridized carbons (Fsp3) is 0.400. The zero-order valence-corrected chi connectivity index (χ0v) is 14.3. The molecule has 0 aromatic heterocycles. The smallest absolute Gasteiger partial charge is 0.128 e. The van der Waals surface area contributed by atoms with Gasteiger partial charge in [-0.2, -0.15) is 0 Å². The van der Waals surface area contributed by atoms with Crippen LogP contribution in [-0.2, 0) is 13.1 Å². The lowest BCUT2D eigenvalue weighted by Crippen LogP contribution is -2.34. The van der Waals surface area contributed by atoms with Crippen molar-refractivity contribution in [2.45, 2.75) is 32.9 Å². The van der Waals surface area contributed by atoms with Crippen molar-refractivity contribution in [2.24, 2.45) is 5.92 Å². The number of nitrogens with one attached hydrogen (secondary N) is 2. The Morgan fingerprint density at radius 3 is 2.75 bits per heavy atom. The maximum absolute atomic E-state index is 14.4. The van der Waals surface area contributed by atoms with Gasteiger partial charge in [-0.05, 0) is 49.1 Å². The van der Waals surface area contributed by atoms with Crippen molar-refractivity contribution in [3.63, 3.8) is 0 Å². The lowest BCUT2D eigenvalue weighted by molar-refractivity contribution is 0.175. The molecule has 0 spiro atoms. The molecule has 0 saturated carbocycles. The molecule has 1 fully saturated rings. The SMILES string of the molecule is CC1CCCN(Cc2ccc(CNNc3ccccc3)cc2F)C1. The van der Waals surface area contributed by atoms with Gasteiger partial charge in [-0.3, -0.25) is 4.90 Å². The van der Waals surface area contributed by atoms with E-state index in [9.17, 15) is 4.39 Å². The molecule has 24 heavy (non-hydrogen) atoms. The molecule has 1 aliphatic heterocycles. The molecule has 0 aliphatic carbocycles. The van der Waals surface area contributed by atoms with Crippen LogP contribution in [0.4, 0.5) is 10.1 Å². The van der Waals surface area contributed by atoms with Crippen LogP contribution in [0.1, 0.15) is 30.9 Å². The van der Waals surface area contributed by atoms with Gasteiger partial charge in [0.05, 0.1) is 0 Å². The Morgan fingerprint density at radius 1 is 1.17 bits per heavy atom. The fourth-order valence-electron chi connectivity index (χ4n) is 3.27. The van der Waals surface area contributed by atoms with Gasteiger partial charge >= 0.3 is 0 Å². The van der Waals surface area contributed by atoms with Crippen LogP contribution in [0, 0.1) is 11.7 Å². The summed E-state index contributed by atoms with van der Waals surface area (Å²) in [5, 5.41) is 0. The van der Waals surface area contributed by atoms with Crippen LogP contribution in [0.2, 0.25) is 0 Å². The summed E-state index contributed by atoms with van der Waals surface area (Å²) in [7, 11) is 0. The summed E-state index contributed by atoms with van der Waals surface area (Å²) in [5.41, 5.74) is 8.97. The van der Waals surface area contributed by atoms with Crippen LogP contribution in [0.3, 0.4) is 0 Å². The van der Waals surface area contributed by atoms with E-state index in [0.29, 0.717) is 19.0 Å². The van der Waals surface area contributed by atoms with E-state index in [2.05, 4.69) is 22.7 Å². The number of hydrogen-bond acceptors (Lipinski definition) is 3. The quantitative estimate of drug-likeness (QED) is 0.780. The Labute approximate surface area is 143 Å². The third-order valence-corrected chi connectivity index (χ3v) is 4.55. The molecule has 1 aliphatic rings. The van der Waals surface area contributed by atoms with E-state index in [1.807, 2.05) is 42.5 Å².